The first-order chi connectivity index (χ1) is 7.01. The zero-order valence-electron chi connectivity index (χ0n) is 10.7. The third-order valence-corrected chi connectivity index (χ3v) is 5.10. The average molecular weight is 206 g/mol. The second-order valence-electron chi connectivity index (χ2n) is 6.59. The van der Waals surface area contributed by atoms with Crippen LogP contribution in [0, 0.1) is 23.2 Å². The summed E-state index contributed by atoms with van der Waals surface area (Å²) in [5.74, 6) is 2.87. The van der Waals surface area contributed by atoms with E-state index in [1.807, 2.05) is 0 Å². The van der Waals surface area contributed by atoms with E-state index in [1.165, 1.54) is 44.1 Å². The fourth-order valence-corrected chi connectivity index (χ4v) is 3.83. The lowest BCUT2D eigenvalue weighted by Gasteiger charge is -2.49. The van der Waals surface area contributed by atoms with E-state index >= 15 is 0 Å². The largest absolute Gasteiger partial charge is 0.0998 e. The Bertz CT molecular complexity index is 251. The highest BCUT2D eigenvalue weighted by molar-refractivity contribution is 5.08. The molecule has 2 aliphatic rings. The van der Waals surface area contributed by atoms with Gasteiger partial charge in [0.1, 0.15) is 0 Å². The SMILES string of the molecule is C=C1CCC2C[C@@H](C(C)C)CCC2(C)C1. The fraction of sp³-hybridized carbons (Fsp3) is 0.867. The third-order valence-electron chi connectivity index (χ3n) is 5.10. The van der Waals surface area contributed by atoms with Crippen molar-refractivity contribution in [1.29, 1.82) is 0 Å². The van der Waals surface area contributed by atoms with E-state index in [2.05, 4.69) is 27.4 Å². The molecule has 0 heterocycles. The van der Waals surface area contributed by atoms with Gasteiger partial charge in [-0.15, -0.1) is 0 Å². The summed E-state index contributed by atoms with van der Waals surface area (Å²) in [6.07, 6.45) is 8.41. The van der Waals surface area contributed by atoms with Gasteiger partial charge in [-0.3, -0.25) is 0 Å². The molecule has 86 valence electrons. The third kappa shape index (κ3) is 2.14. The van der Waals surface area contributed by atoms with Gasteiger partial charge in [0.05, 0.1) is 0 Å². The van der Waals surface area contributed by atoms with Crippen LogP contribution in [0.1, 0.15) is 59.3 Å². The van der Waals surface area contributed by atoms with Crippen molar-refractivity contribution in [2.75, 3.05) is 0 Å². The molecule has 0 aromatic carbocycles. The van der Waals surface area contributed by atoms with E-state index in [-0.39, 0.29) is 0 Å². The summed E-state index contributed by atoms with van der Waals surface area (Å²) < 4.78 is 0. The summed E-state index contributed by atoms with van der Waals surface area (Å²) in [4.78, 5) is 0. The van der Waals surface area contributed by atoms with Crippen molar-refractivity contribution in [3.63, 3.8) is 0 Å². The van der Waals surface area contributed by atoms with Gasteiger partial charge < -0.3 is 0 Å². The molecule has 2 rings (SSSR count). The van der Waals surface area contributed by atoms with Crippen LogP contribution < -0.4 is 0 Å². The van der Waals surface area contributed by atoms with Crippen LogP contribution in [0.3, 0.4) is 0 Å². The van der Waals surface area contributed by atoms with Crippen molar-refractivity contribution in [3.8, 4) is 0 Å². The molecule has 15 heavy (non-hydrogen) atoms. The summed E-state index contributed by atoms with van der Waals surface area (Å²) in [6, 6.07) is 0. The molecule has 0 N–H and O–H groups in total. The van der Waals surface area contributed by atoms with Gasteiger partial charge in [0.25, 0.3) is 0 Å². The fourth-order valence-electron chi connectivity index (χ4n) is 3.83. The molecule has 0 nitrogen and oxygen atoms in total. The van der Waals surface area contributed by atoms with Crippen LogP contribution in [0.5, 0.6) is 0 Å². The predicted molar refractivity (Wildman–Crippen MR) is 66.8 cm³/mol. The van der Waals surface area contributed by atoms with Crippen LogP contribution in [0.25, 0.3) is 0 Å². The van der Waals surface area contributed by atoms with Crippen molar-refractivity contribution >= 4 is 0 Å². The zero-order valence-corrected chi connectivity index (χ0v) is 10.7. The maximum absolute atomic E-state index is 4.20. The number of rotatable bonds is 1. The highest BCUT2D eigenvalue weighted by Crippen LogP contribution is 2.53. The lowest BCUT2D eigenvalue weighted by atomic mass is 9.56. The van der Waals surface area contributed by atoms with Gasteiger partial charge >= 0.3 is 0 Å². The predicted octanol–water partition coefficient (Wildman–Crippen LogP) is 4.81. The van der Waals surface area contributed by atoms with Gasteiger partial charge in [-0.05, 0) is 61.7 Å². The van der Waals surface area contributed by atoms with E-state index in [0.717, 1.165) is 17.8 Å². The lowest BCUT2D eigenvalue weighted by molar-refractivity contribution is 0.0426. The van der Waals surface area contributed by atoms with E-state index in [0.29, 0.717) is 5.41 Å². The van der Waals surface area contributed by atoms with Crippen LogP contribution in [-0.2, 0) is 0 Å². The van der Waals surface area contributed by atoms with E-state index in [9.17, 15) is 0 Å². The van der Waals surface area contributed by atoms with Gasteiger partial charge in [-0.25, -0.2) is 0 Å². The van der Waals surface area contributed by atoms with Gasteiger partial charge in [0.15, 0.2) is 0 Å². The van der Waals surface area contributed by atoms with Crippen LogP contribution in [0.15, 0.2) is 12.2 Å². The minimum atomic E-state index is 0.612. The molecule has 0 aromatic heterocycles. The van der Waals surface area contributed by atoms with Gasteiger partial charge in [0.2, 0.25) is 0 Å². The zero-order chi connectivity index (χ0) is 11.1. The second kappa shape index (κ2) is 3.96. The van der Waals surface area contributed by atoms with Crippen molar-refractivity contribution in [2.45, 2.75) is 59.3 Å². The van der Waals surface area contributed by atoms with Crippen LogP contribution in [-0.4, -0.2) is 0 Å². The quantitative estimate of drug-likeness (QED) is 0.540. The molecule has 0 amide bonds. The molecule has 2 unspecified atom stereocenters. The normalized spacial score (nSPS) is 41.7. The molecule has 3 atom stereocenters. The summed E-state index contributed by atoms with van der Waals surface area (Å²) in [6.45, 7) is 11.5. The molecule has 0 spiro atoms. The van der Waals surface area contributed by atoms with E-state index < -0.39 is 0 Å². The molecular weight excluding hydrogens is 180 g/mol. The Morgan fingerprint density at radius 3 is 2.73 bits per heavy atom. The van der Waals surface area contributed by atoms with E-state index in [4.69, 9.17) is 0 Å². The first-order valence-electron chi connectivity index (χ1n) is 6.68. The monoisotopic (exact) mass is 206 g/mol. The summed E-state index contributed by atoms with van der Waals surface area (Å²) >= 11 is 0. The van der Waals surface area contributed by atoms with Crippen LogP contribution in [0.4, 0.5) is 0 Å². The minimum absolute atomic E-state index is 0.612. The Labute approximate surface area is 95.1 Å². The summed E-state index contributed by atoms with van der Waals surface area (Å²) in [5.41, 5.74) is 2.12. The average Bonchev–Trinajstić information content (AvgIpc) is 2.15. The van der Waals surface area contributed by atoms with Gasteiger partial charge in [-0.1, -0.05) is 32.9 Å². The first kappa shape index (κ1) is 11.2. The topological polar surface area (TPSA) is 0 Å². The van der Waals surface area contributed by atoms with Crippen molar-refractivity contribution < 1.29 is 0 Å². The molecule has 2 aliphatic carbocycles. The Balaban J connectivity index is 2.06. The smallest absolute Gasteiger partial charge is 0.0260 e. The van der Waals surface area contributed by atoms with Gasteiger partial charge in [-0.2, -0.15) is 0 Å². The van der Waals surface area contributed by atoms with Crippen LogP contribution >= 0.6 is 0 Å². The highest BCUT2D eigenvalue weighted by atomic mass is 14.5. The number of hydrogen-bond donors (Lipinski definition) is 0. The Kier molecular flexibility index (Phi) is 2.96. The molecule has 0 aromatic rings. The maximum atomic E-state index is 4.20. The van der Waals surface area contributed by atoms with Crippen molar-refractivity contribution in [1.82, 2.24) is 0 Å². The maximum Gasteiger partial charge on any atom is -0.0260 e. The minimum Gasteiger partial charge on any atom is -0.0998 e. The van der Waals surface area contributed by atoms with Crippen molar-refractivity contribution in [2.24, 2.45) is 23.2 Å². The number of hydrogen-bond acceptors (Lipinski definition) is 0. The second-order valence-corrected chi connectivity index (χ2v) is 6.59. The van der Waals surface area contributed by atoms with Crippen molar-refractivity contribution in [3.05, 3.63) is 12.2 Å². The Hall–Kier alpha value is -0.260. The number of fused-ring (bicyclic) bond motifs is 1. The number of allylic oxidation sites excluding steroid dienone is 1. The summed E-state index contributed by atoms with van der Waals surface area (Å²) in [5, 5.41) is 0. The lowest BCUT2D eigenvalue weighted by Crippen LogP contribution is -2.38. The molecule has 0 bridgehead atoms. The first-order valence-corrected chi connectivity index (χ1v) is 6.68. The molecule has 0 aliphatic heterocycles. The molecular formula is C15H26. The van der Waals surface area contributed by atoms with E-state index in [1.54, 1.807) is 0 Å². The molecule has 0 radical (unpaired) electrons. The Morgan fingerprint density at radius 1 is 1.33 bits per heavy atom. The molecule has 0 heteroatoms. The standard InChI is InChI=1S/C15H26/c1-11(2)13-7-8-15(4)10-12(3)5-6-14(15)9-13/h11,13-14H,3,5-10H2,1-2,4H3/t13-,14?,15?/m0/s1. The summed E-state index contributed by atoms with van der Waals surface area (Å²) in [7, 11) is 0. The van der Waals surface area contributed by atoms with Gasteiger partial charge in [0, 0.05) is 0 Å². The van der Waals surface area contributed by atoms with Crippen LogP contribution in [0.2, 0.25) is 0 Å². The highest BCUT2D eigenvalue weighted by Gasteiger charge is 2.42. The Morgan fingerprint density at radius 2 is 2.07 bits per heavy atom. The molecule has 2 saturated carbocycles. The molecule has 2 fully saturated rings. The molecule has 0 saturated heterocycles.